The van der Waals surface area contributed by atoms with Gasteiger partial charge in [-0.1, -0.05) is 12.1 Å². The van der Waals surface area contributed by atoms with Gasteiger partial charge in [-0.25, -0.2) is 0 Å². The van der Waals surface area contributed by atoms with E-state index in [0.29, 0.717) is 11.2 Å². The first-order chi connectivity index (χ1) is 13.2. The summed E-state index contributed by atoms with van der Waals surface area (Å²) in [5.74, 6) is 0.758. The van der Waals surface area contributed by atoms with Crippen molar-refractivity contribution in [3.63, 3.8) is 0 Å². The van der Waals surface area contributed by atoms with Crippen LogP contribution in [0.3, 0.4) is 0 Å². The number of rotatable bonds is 5. The van der Waals surface area contributed by atoms with Gasteiger partial charge in [0.25, 0.3) is 5.91 Å². The highest BCUT2D eigenvalue weighted by atomic mass is 16.5. The van der Waals surface area contributed by atoms with Crippen LogP contribution in [0.2, 0.25) is 0 Å². The molecule has 0 aliphatic carbocycles. The smallest absolute Gasteiger partial charge is 0.255 e. The van der Waals surface area contributed by atoms with E-state index in [1.807, 2.05) is 12.1 Å². The van der Waals surface area contributed by atoms with Gasteiger partial charge in [0.2, 0.25) is 0 Å². The Morgan fingerprint density at radius 3 is 2.93 bits per heavy atom. The summed E-state index contributed by atoms with van der Waals surface area (Å²) in [7, 11) is 1.68. The first-order valence-electron chi connectivity index (χ1n) is 9.06. The number of nitrogens with zero attached hydrogens (tertiary/aromatic N) is 5. The van der Waals surface area contributed by atoms with Crippen LogP contribution in [0.1, 0.15) is 28.8 Å². The molecule has 1 amide bonds. The van der Waals surface area contributed by atoms with Crippen molar-refractivity contribution >= 4 is 11.6 Å². The summed E-state index contributed by atoms with van der Waals surface area (Å²) in [6, 6.07) is 11.8. The molecule has 2 aromatic heterocycles. The van der Waals surface area contributed by atoms with Gasteiger partial charge in [0.05, 0.1) is 12.7 Å². The molecule has 1 fully saturated rings. The molecule has 1 N–H and O–H groups in total. The Bertz CT molecular complexity index is 933. The van der Waals surface area contributed by atoms with Crippen molar-refractivity contribution in [3.8, 4) is 5.75 Å². The molecule has 0 unspecified atom stereocenters. The summed E-state index contributed by atoms with van der Waals surface area (Å²) in [6.45, 7) is 2.78. The second kappa shape index (κ2) is 7.71. The molecule has 3 aromatic rings. The second-order valence-corrected chi connectivity index (χ2v) is 6.74. The summed E-state index contributed by atoms with van der Waals surface area (Å²) >= 11 is 0. The van der Waals surface area contributed by atoms with Crippen LogP contribution in [-0.2, 0) is 6.54 Å². The van der Waals surface area contributed by atoms with Gasteiger partial charge >= 0.3 is 0 Å². The molecule has 140 valence electrons. The third kappa shape index (κ3) is 3.90. The molecule has 27 heavy (non-hydrogen) atoms. The molecule has 3 heterocycles. The van der Waals surface area contributed by atoms with Crippen LogP contribution in [0, 0.1) is 0 Å². The average molecular weight is 366 g/mol. The molecule has 0 saturated carbocycles. The van der Waals surface area contributed by atoms with E-state index in [0.717, 1.165) is 38.2 Å². The van der Waals surface area contributed by atoms with Crippen LogP contribution in [0.25, 0.3) is 5.65 Å². The number of piperidine rings is 1. The van der Waals surface area contributed by atoms with Gasteiger partial charge < -0.3 is 10.1 Å². The average Bonchev–Trinajstić information content (AvgIpc) is 3.18. The largest absolute Gasteiger partial charge is 0.497 e. The van der Waals surface area contributed by atoms with E-state index in [1.165, 1.54) is 10.1 Å². The lowest BCUT2D eigenvalue weighted by Gasteiger charge is -2.32. The maximum absolute atomic E-state index is 12.6. The topological polar surface area (TPSA) is 84.7 Å². The molecule has 8 heteroatoms. The number of methoxy groups -OCH3 is 1. The summed E-state index contributed by atoms with van der Waals surface area (Å²) in [6.07, 6.45) is 3.57. The highest BCUT2D eigenvalue weighted by Gasteiger charge is 2.22. The molecular formula is C19H22N6O2. The van der Waals surface area contributed by atoms with E-state index in [4.69, 9.17) is 4.74 Å². The quantitative estimate of drug-likeness (QED) is 0.737. The standard InChI is InChI=1S/C19H22N6O2/c1-27-16-5-2-4-14(12-16)13-24-10-7-15(8-11-24)20-19(26)17-6-3-9-25-18(17)21-22-23-25/h2-6,9,12,15H,7-8,10-11,13H2,1H3,(H,20,26). The predicted octanol–water partition coefficient (Wildman–Crippen LogP) is 1.53. The summed E-state index contributed by atoms with van der Waals surface area (Å²) in [4.78, 5) is 15.0. The Hall–Kier alpha value is -3.00. The number of nitrogens with one attached hydrogen (secondary N) is 1. The molecule has 4 rings (SSSR count). The van der Waals surface area contributed by atoms with Crippen molar-refractivity contribution < 1.29 is 9.53 Å². The van der Waals surface area contributed by atoms with Crippen LogP contribution in [0.5, 0.6) is 5.75 Å². The van der Waals surface area contributed by atoms with Gasteiger partial charge in [-0.3, -0.25) is 9.69 Å². The monoisotopic (exact) mass is 366 g/mol. The third-order valence-corrected chi connectivity index (χ3v) is 4.93. The molecule has 0 spiro atoms. The van der Waals surface area contributed by atoms with E-state index in [-0.39, 0.29) is 11.9 Å². The lowest BCUT2D eigenvalue weighted by atomic mass is 10.0. The van der Waals surface area contributed by atoms with Crippen molar-refractivity contribution in [3.05, 3.63) is 53.7 Å². The maximum atomic E-state index is 12.6. The van der Waals surface area contributed by atoms with E-state index < -0.39 is 0 Å². The Labute approximate surface area is 157 Å². The fourth-order valence-corrected chi connectivity index (χ4v) is 3.47. The Balaban J connectivity index is 1.33. The van der Waals surface area contributed by atoms with E-state index >= 15 is 0 Å². The number of pyridine rings is 1. The van der Waals surface area contributed by atoms with Gasteiger partial charge in [-0.05, 0) is 53.1 Å². The first kappa shape index (κ1) is 17.4. The fourth-order valence-electron chi connectivity index (χ4n) is 3.47. The SMILES string of the molecule is COc1cccc(CN2CCC(NC(=O)c3cccn4nnnc34)CC2)c1. The van der Waals surface area contributed by atoms with Crippen molar-refractivity contribution in [2.24, 2.45) is 0 Å². The number of hydrogen-bond donors (Lipinski definition) is 1. The van der Waals surface area contributed by atoms with Crippen LogP contribution in [-0.4, -0.2) is 57.1 Å². The molecule has 8 nitrogen and oxygen atoms in total. The minimum atomic E-state index is -0.123. The fraction of sp³-hybridized carbons (Fsp3) is 0.368. The molecular weight excluding hydrogens is 344 g/mol. The predicted molar refractivity (Wildman–Crippen MR) is 99.5 cm³/mol. The minimum absolute atomic E-state index is 0.123. The van der Waals surface area contributed by atoms with Crippen LogP contribution in [0.4, 0.5) is 0 Å². The van der Waals surface area contributed by atoms with Crippen LogP contribution < -0.4 is 10.1 Å². The van der Waals surface area contributed by atoms with Crippen molar-refractivity contribution in [2.45, 2.75) is 25.4 Å². The number of likely N-dealkylation sites (tertiary alicyclic amines) is 1. The molecule has 0 radical (unpaired) electrons. The van der Waals surface area contributed by atoms with E-state index in [1.54, 1.807) is 25.4 Å². The number of fused-ring (bicyclic) bond motifs is 1. The zero-order valence-electron chi connectivity index (χ0n) is 15.2. The molecule has 1 aliphatic heterocycles. The van der Waals surface area contributed by atoms with Gasteiger partial charge in [-0.2, -0.15) is 4.52 Å². The lowest BCUT2D eigenvalue weighted by Crippen LogP contribution is -2.44. The summed E-state index contributed by atoms with van der Waals surface area (Å²) < 4.78 is 6.80. The molecule has 1 aromatic carbocycles. The normalized spacial score (nSPS) is 15.7. The van der Waals surface area contributed by atoms with Gasteiger partial charge in [0.15, 0.2) is 5.65 Å². The summed E-state index contributed by atoms with van der Waals surface area (Å²) in [5.41, 5.74) is 2.22. The highest BCUT2D eigenvalue weighted by molar-refractivity contribution is 5.99. The van der Waals surface area contributed by atoms with E-state index in [2.05, 4.69) is 37.9 Å². The van der Waals surface area contributed by atoms with E-state index in [9.17, 15) is 4.79 Å². The highest BCUT2D eigenvalue weighted by Crippen LogP contribution is 2.18. The number of benzene rings is 1. The molecule has 1 aliphatic rings. The Morgan fingerprint density at radius 2 is 2.11 bits per heavy atom. The molecule has 1 saturated heterocycles. The van der Waals surface area contributed by atoms with Crippen molar-refractivity contribution in [1.82, 2.24) is 30.3 Å². The number of carbonyl (C=O) groups is 1. The third-order valence-electron chi connectivity index (χ3n) is 4.93. The number of aromatic nitrogens is 4. The Morgan fingerprint density at radius 1 is 1.26 bits per heavy atom. The second-order valence-electron chi connectivity index (χ2n) is 6.74. The number of ether oxygens (including phenoxy) is 1. The molecule has 0 bridgehead atoms. The molecule has 0 atom stereocenters. The summed E-state index contributed by atoms with van der Waals surface area (Å²) in [5, 5.41) is 14.5. The number of amides is 1. The zero-order chi connectivity index (χ0) is 18.6. The minimum Gasteiger partial charge on any atom is -0.497 e. The van der Waals surface area contributed by atoms with Crippen LogP contribution >= 0.6 is 0 Å². The zero-order valence-corrected chi connectivity index (χ0v) is 15.2. The maximum Gasteiger partial charge on any atom is 0.255 e. The van der Waals surface area contributed by atoms with Gasteiger partial charge in [0, 0.05) is 31.9 Å². The van der Waals surface area contributed by atoms with Crippen molar-refractivity contribution in [1.29, 1.82) is 0 Å². The lowest BCUT2D eigenvalue weighted by molar-refractivity contribution is 0.0910. The number of tetrazole rings is 1. The first-order valence-corrected chi connectivity index (χ1v) is 9.06. The van der Waals surface area contributed by atoms with Crippen molar-refractivity contribution in [2.75, 3.05) is 20.2 Å². The van der Waals surface area contributed by atoms with Gasteiger partial charge in [-0.15, -0.1) is 5.10 Å². The number of hydrogen-bond acceptors (Lipinski definition) is 6. The van der Waals surface area contributed by atoms with Gasteiger partial charge in [0.1, 0.15) is 5.75 Å². The Kier molecular flexibility index (Phi) is 4.97. The number of carbonyl (C=O) groups excluding carboxylic acids is 1. The van der Waals surface area contributed by atoms with Crippen LogP contribution in [0.15, 0.2) is 42.6 Å².